The number of halogens is 1. The molecule has 0 atom stereocenters. The second-order valence-corrected chi connectivity index (χ2v) is 3.24. The molecule has 0 radical (unpaired) electrons. The van der Waals surface area contributed by atoms with Crippen LogP contribution in [0.1, 0.15) is 0 Å². The normalized spacial score (nSPS) is 10.1. The van der Waals surface area contributed by atoms with Crippen LogP contribution in [0, 0.1) is 0 Å². The number of hydrogen-bond acceptors (Lipinski definition) is 2. The number of anilines is 1. The van der Waals surface area contributed by atoms with Gasteiger partial charge in [-0.2, -0.15) is 0 Å². The third-order valence-electron chi connectivity index (χ3n) is 1.56. The van der Waals surface area contributed by atoms with Gasteiger partial charge < -0.3 is 9.47 Å². The van der Waals surface area contributed by atoms with E-state index in [0.29, 0.717) is 0 Å². The summed E-state index contributed by atoms with van der Waals surface area (Å²) >= 11 is 3.38. The van der Waals surface area contributed by atoms with Crippen LogP contribution in [0.5, 0.6) is 0 Å². The molecule has 0 fully saturated rings. The molecule has 1 aromatic heterocycles. The van der Waals surface area contributed by atoms with E-state index in [4.69, 9.17) is 0 Å². The summed E-state index contributed by atoms with van der Waals surface area (Å²) in [6.45, 7) is 0.977. The molecular weight excluding hydrogens is 206 g/mol. The Morgan fingerprint density at radius 1 is 1.73 bits per heavy atom. The number of hydrogen-bond donors (Lipinski definition) is 0. The molecule has 0 aromatic carbocycles. The summed E-state index contributed by atoms with van der Waals surface area (Å²) in [5.74, 6) is 1.00. The molecule has 62 valence electrons. The Labute approximate surface area is 75.2 Å². The second-order valence-electron chi connectivity index (χ2n) is 2.45. The van der Waals surface area contributed by atoms with Gasteiger partial charge in [0, 0.05) is 38.4 Å². The molecule has 0 bridgehead atoms. The van der Waals surface area contributed by atoms with E-state index in [1.165, 1.54) is 0 Å². The molecule has 0 aliphatic rings. The third kappa shape index (κ3) is 1.96. The summed E-state index contributed by atoms with van der Waals surface area (Å²) in [7, 11) is 4.02. The zero-order valence-electron chi connectivity index (χ0n) is 6.79. The lowest BCUT2D eigenvalue weighted by molar-refractivity contribution is 0.830. The molecule has 0 saturated heterocycles. The molecule has 0 unspecified atom stereocenters. The molecule has 1 aromatic rings. The molecule has 0 aliphatic heterocycles. The maximum absolute atomic E-state index is 4.20. The van der Waals surface area contributed by atoms with E-state index in [-0.39, 0.29) is 0 Å². The first-order valence-corrected chi connectivity index (χ1v) is 4.62. The predicted octanol–water partition coefficient (Wildman–Crippen LogP) is 1.25. The molecule has 1 rings (SSSR count). The fourth-order valence-electron chi connectivity index (χ4n) is 0.952. The fraction of sp³-hybridized carbons (Fsp3) is 0.571. The van der Waals surface area contributed by atoms with Crippen molar-refractivity contribution in [1.82, 2.24) is 9.55 Å². The highest BCUT2D eigenvalue weighted by Gasteiger charge is 2.03. The lowest BCUT2D eigenvalue weighted by Gasteiger charge is -2.15. The molecule has 0 aliphatic carbocycles. The molecule has 0 saturated carbocycles. The molecule has 0 amide bonds. The van der Waals surface area contributed by atoms with E-state index in [2.05, 4.69) is 25.8 Å². The number of imidazole rings is 1. The lowest BCUT2D eigenvalue weighted by Crippen LogP contribution is -2.22. The number of alkyl halides is 1. The van der Waals surface area contributed by atoms with Gasteiger partial charge in [0.15, 0.2) is 0 Å². The molecule has 1 heterocycles. The lowest BCUT2D eigenvalue weighted by atomic mass is 10.6. The van der Waals surface area contributed by atoms with Crippen molar-refractivity contribution < 1.29 is 0 Å². The smallest absolute Gasteiger partial charge is 0.204 e. The van der Waals surface area contributed by atoms with Crippen molar-refractivity contribution in [3.63, 3.8) is 0 Å². The number of rotatable bonds is 3. The van der Waals surface area contributed by atoms with Gasteiger partial charge in [-0.3, -0.25) is 0 Å². The van der Waals surface area contributed by atoms with Gasteiger partial charge in [-0.15, -0.1) is 0 Å². The maximum atomic E-state index is 4.20. The third-order valence-corrected chi connectivity index (χ3v) is 1.91. The zero-order chi connectivity index (χ0) is 8.27. The maximum Gasteiger partial charge on any atom is 0.204 e. The van der Waals surface area contributed by atoms with Crippen LogP contribution in [0.3, 0.4) is 0 Å². The largest absolute Gasteiger partial charge is 0.344 e. The van der Waals surface area contributed by atoms with Crippen molar-refractivity contribution >= 4 is 21.9 Å². The van der Waals surface area contributed by atoms with E-state index in [1.54, 1.807) is 6.20 Å². The van der Waals surface area contributed by atoms with Crippen LogP contribution >= 0.6 is 15.9 Å². The van der Waals surface area contributed by atoms with Crippen LogP contribution in [0.2, 0.25) is 0 Å². The van der Waals surface area contributed by atoms with Crippen LogP contribution in [0.4, 0.5) is 5.95 Å². The van der Waals surface area contributed by atoms with E-state index < -0.39 is 0 Å². The van der Waals surface area contributed by atoms with Crippen LogP contribution in [0.15, 0.2) is 12.4 Å². The Bertz CT molecular complexity index is 221. The standard InChI is InChI=1S/C7H12BrN3/c1-10(5-3-8)7-9-4-6-11(7)2/h4,6H,3,5H2,1-2H3. The van der Waals surface area contributed by atoms with Gasteiger partial charge in [0.1, 0.15) is 0 Å². The van der Waals surface area contributed by atoms with Gasteiger partial charge in [0.2, 0.25) is 5.95 Å². The van der Waals surface area contributed by atoms with E-state index >= 15 is 0 Å². The van der Waals surface area contributed by atoms with Gasteiger partial charge in [-0.25, -0.2) is 4.98 Å². The van der Waals surface area contributed by atoms with Gasteiger partial charge in [-0.05, 0) is 0 Å². The quantitative estimate of drug-likeness (QED) is 0.712. The van der Waals surface area contributed by atoms with E-state index in [9.17, 15) is 0 Å². The average molecular weight is 218 g/mol. The highest BCUT2D eigenvalue weighted by atomic mass is 79.9. The van der Waals surface area contributed by atoms with Crippen LogP contribution in [0.25, 0.3) is 0 Å². The second kappa shape index (κ2) is 3.76. The summed E-state index contributed by atoms with van der Waals surface area (Å²) in [6.07, 6.45) is 3.75. The van der Waals surface area contributed by atoms with Crippen molar-refractivity contribution in [2.45, 2.75) is 0 Å². The number of nitrogens with zero attached hydrogens (tertiary/aromatic N) is 3. The predicted molar refractivity (Wildman–Crippen MR) is 50.3 cm³/mol. The molecular formula is C7H12BrN3. The Morgan fingerprint density at radius 3 is 2.91 bits per heavy atom. The first-order valence-electron chi connectivity index (χ1n) is 3.50. The Kier molecular flexibility index (Phi) is 2.93. The highest BCUT2D eigenvalue weighted by molar-refractivity contribution is 9.09. The van der Waals surface area contributed by atoms with Crippen molar-refractivity contribution in [2.24, 2.45) is 7.05 Å². The van der Waals surface area contributed by atoms with Gasteiger partial charge >= 0.3 is 0 Å². The monoisotopic (exact) mass is 217 g/mol. The first kappa shape index (κ1) is 8.59. The minimum absolute atomic E-state index is 0.969. The summed E-state index contributed by atoms with van der Waals surface area (Å²) in [4.78, 5) is 6.31. The summed E-state index contributed by atoms with van der Waals surface area (Å²) in [6, 6.07) is 0. The molecule has 11 heavy (non-hydrogen) atoms. The van der Waals surface area contributed by atoms with Gasteiger partial charge in [0.25, 0.3) is 0 Å². The summed E-state index contributed by atoms with van der Waals surface area (Å²) in [5, 5.41) is 0.969. The van der Waals surface area contributed by atoms with Gasteiger partial charge in [-0.1, -0.05) is 15.9 Å². The minimum Gasteiger partial charge on any atom is -0.344 e. The average Bonchev–Trinajstić information content (AvgIpc) is 2.36. The van der Waals surface area contributed by atoms with E-state index in [1.807, 2.05) is 24.9 Å². The number of aromatic nitrogens is 2. The summed E-state index contributed by atoms with van der Waals surface area (Å²) < 4.78 is 2.00. The summed E-state index contributed by atoms with van der Waals surface area (Å²) in [5.41, 5.74) is 0. The molecule has 3 nitrogen and oxygen atoms in total. The van der Waals surface area contributed by atoms with E-state index in [0.717, 1.165) is 17.8 Å². The Morgan fingerprint density at radius 2 is 2.45 bits per heavy atom. The van der Waals surface area contributed by atoms with Crippen molar-refractivity contribution in [2.75, 3.05) is 23.8 Å². The topological polar surface area (TPSA) is 21.1 Å². The van der Waals surface area contributed by atoms with Crippen LogP contribution in [-0.4, -0.2) is 28.5 Å². The first-order chi connectivity index (χ1) is 5.25. The van der Waals surface area contributed by atoms with Crippen molar-refractivity contribution in [1.29, 1.82) is 0 Å². The molecule has 0 spiro atoms. The Hall–Kier alpha value is -0.510. The van der Waals surface area contributed by atoms with Crippen molar-refractivity contribution in [3.05, 3.63) is 12.4 Å². The molecule has 4 heteroatoms. The van der Waals surface area contributed by atoms with Crippen molar-refractivity contribution in [3.8, 4) is 0 Å². The Balaban J connectivity index is 2.67. The van der Waals surface area contributed by atoms with Crippen LogP contribution < -0.4 is 4.90 Å². The SMILES string of the molecule is CN(CCBr)c1nccn1C. The van der Waals surface area contributed by atoms with Gasteiger partial charge in [0.05, 0.1) is 0 Å². The minimum atomic E-state index is 0.969. The zero-order valence-corrected chi connectivity index (χ0v) is 8.37. The number of aryl methyl sites for hydroxylation is 1. The highest BCUT2D eigenvalue weighted by Crippen LogP contribution is 2.06. The van der Waals surface area contributed by atoms with Crippen LogP contribution in [-0.2, 0) is 7.05 Å². The fourth-order valence-corrected chi connectivity index (χ4v) is 1.48. The molecule has 0 N–H and O–H groups in total.